The van der Waals surface area contributed by atoms with Crippen LogP contribution in [0.15, 0.2) is 24.5 Å². The van der Waals surface area contributed by atoms with Crippen LogP contribution in [-0.2, 0) is 6.54 Å². The van der Waals surface area contributed by atoms with Crippen molar-refractivity contribution < 1.29 is 5.11 Å². The highest BCUT2D eigenvalue weighted by Crippen LogP contribution is 2.32. The SMILES string of the molecule is OC(CNCc1ccncc1)C1CC1. The van der Waals surface area contributed by atoms with E-state index in [0.717, 1.165) is 6.54 Å². The molecule has 14 heavy (non-hydrogen) atoms. The minimum Gasteiger partial charge on any atom is -0.392 e. The van der Waals surface area contributed by atoms with Gasteiger partial charge in [0.2, 0.25) is 0 Å². The monoisotopic (exact) mass is 192 g/mol. The molecule has 1 atom stereocenters. The minimum absolute atomic E-state index is 0.156. The van der Waals surface area contributed by atoms with Crippen LogP contribution in [0.1, 0.15) is 18.4 Å². The Morgan fingerprint density at radius 3 is 2.79 bits per heavy atom. The molecule has 1 heterocycles. The first-order chi connectivity index (χ1) is 6.86. The van der Waals surface area contributed by atoms with Crippen molar-refractivity contribution in [3.05, 3.63) is 30.1 Å². The first kappa shape index (κ1) is 9.62. The topological polar surface area (TPSA) is 45.1 Å². The average molecular weight is 192 g/mol. The molecule has 0 aliphatic heterocycles. The number of hydrogen-bond acceptors (Lipinski definition) is 3. The summed E-state index contributed by atoms with van der Waals surface area (Å²) < 4.78 is 0. The van der Waals surface area contributed by atoms with Crippen molar-refractivity contribution in [3.8, 4) is 0 Å². The summed E-state index contributed by atoms with van der Waals surface area (Å²) in [5.74, 6) is 0.556. The van der Waals surface area contributed by atoms with Crippen molar-refractivity contribution in [2.45, 2.75) is 25.5 Å². The van der Waals surface area contributed by atoms with E-state index in [0.29, 0.717) is 12.5 Å². The van der Waals surface area contributed by atoms with Crippen molar-refractivity contribution in [3.63, 3.8) is 0 Å². The molecule has 2 N–H and O–H groups in total. The first-order valence-electron chi connectivity index (χ1n) is 5.14. The van der Waals surface area contributed by atoms with Gasteiger partial charge in [0, 0.05) is 25.5 Å². The molecule has 1 aromatic rings. The van der Waals surface area contributed by atoms with Crippen LogP contribution in [0.3, 0.4) is 0 Å². The second-order valence-corrected chi connectivity index (χ2v) is 3.89. The zero-order valence-corrected chi connectivity index (χ0v) is 8.19. The highest BCUT2D eigenvalue weighted by Gasteiger charge is 2.28. The number of aromatic nitrogens is 1. The summed E-state index contributed by atoms with van der Waals surface area (Å²) in [6.07, 6.45) is 5.80. The summed E-state index contributed by atoms with van der Waals surface area (Å²) in [5, 5.41) is 12.8. The standard InChI is InChI=1S/C11H16N2O/c14-11(10-1-2-10)8-13-7-9-3-5-12-6-4-9/h3-6,10-11,13-14H,1-2,7-8H2. The molecule has 1 aliphatic carbocycles. The molecule has 1 aromatic heterocycles. The fourth-order valence-corrected chi connectivity index (χ4v) is 1.51. The summed E-state index contributed by atoms with van der Waals surface area (Å²) in [6.45, 7) is 1.51. The van der Waals surface area contributed by atoms with Gasteiger partial charge in [0.1, 0.15) is 0 Å². The lowest BCUT2D eigenvalue weighted by molar-refractivity contribution is 0.148. The van der Waals surface area contributed by atoms with Gasteiger partial charge in [-0.05, 0) is 36.5 Å². The maximum atomic E-state index is 9.59. The van der Waals surface area contributed by atoms with E-state index >= 15 is 0 Å². The average Bonchev–Trinajstić information content (AvgIpc) is 3.02. The quantitative estimate of drug-likeness (QED) is 0.730. The molecule has 1 saturated carbocycles. The van der Waals surface area contributed by atoms with Crippen LogP contribution in [0.2, 0.25) is 0 Å². The molecule has 3 nitrogen and oxygen atoms in total. The molecule has 0 radical (unpaired) electrons. The van der Waals surface area contributed by atoms with E-state index in [1.54, 1.807) is 12.4 Å². The van der Waals surface area contributed by atoms with Crippen LogP contribution in [0.4, 0.5) is 0 Å². The smallest absolute Gasteiger partial charge is 0.0692 e. The van der Waals surface area contributed by atoms with Crippen LogP contribution < -0.4 is 5.32 Å². The molecular weight excluding hydrogens is 176 g/mol. The van der Waals surface area contributed by atoms with Gasteiger partial charge in [-0.1, -0.05) is 0 Å². The minimum atomic E-state index is -0.156. The molecule has 0 bridgehead atoms. The molecule has 76 valence electrons. The molecule has 1 fully saturated rings. The van der Waals surface area contributed by atoms with Gasteiger partial charge in [-0.2, -0.15) is 0 Å². The fourth-order valence-electron chi connectivity index (χ4n) is 1.51. The molecule has 1 unspecified atom stereocenters. The Morgan fingerprint density at radius 2 is 2.14 bits per heavy atom. The number of nitrogens with zero attached hydrogens (tertiary/aromatic N) is 1. The zero-order valence-electron chi connectivity index (χ0n) is 8.19. The Morgan fingerprint density at radius 1 is 1.43 bits per heavy atom. The van der Waals surface area contributed by atoms with E-state index < -0.39 is 0 Å². The van der Waals surface area contributed by atoms with Gasteiger partial charge in [-0.25, -0.2) is 0 Å². The van der Waals surface area contributed by atoms with E-state index in [4.69, 9.17) is 0 Å². The van der Waals surface area contributed by atoms with E-state index in [1.165, 1.54) is 18.4 Å². The normalized spacial score (nSPS) is 18.1. The Labute approximate surface area is 84.2 Å². The van der Waals surface area contributed by atoms with E-state index in [1.807, 2.05) is 12.1 Å². The van der Waals surface area contributed by atoms with Crippen molar-refractivity contribution in [1.82, 2.24) is 10.3 Å². The Bertz CT molecular complexity index is 272. The van der Waals surface area contributed by atoms with Crippen molar-refractivity contribution in [2.75, 3.05) is 6.54 Å². The van der Waals surface area contributed by atoms with Gasteiger partial charge in [0.05, 0.1) is 6.10 Å². The molecule has 3 heteroatoms. The Hall–Kier alpha value is -0.930. The van der Waals surface area contributed by atoms with Crippen molar-refractivity contribution >= 4 is 0 Å². The number of pyridine rings is 1. The molecule has 0 aromatic carbocycles. The summed E-state index contributed by atoms with van der Waals surface area (Å²) in [6, 6.07) is 3.97. The molecule has 2 rings (SSSR count). The summed E-state index contributed by atoms with van der Waals surface area (Å²) in [4.78, 5) is 3.95. The summed E-state index contributed by atoms with van der Waals surface area (Å²) in [5.41, 5.74) is 1.21. The number of rotatable bonds is 5. The maximum absolute atomic E-state index is 9.59. The number of aliphatic hydroxyl groups excluding tert-OH is 1. The largest absolute Gasteiger partial charge is 0.392 e. The number of nitrogens with one attached hydrogen (secondary N) is 1. The van der Waals surface area contributed by atoms with Crippen LogP contribution >= 0.6 is 0 Å². The van der Waals surface area contributed by atoms with Gasteiger partial charge >= 0.3 is 0 Å². The zero-order chi connectivity index (χ0) is 9.80. The number of hydrogen-bond donors (Lipinski definition) is 2. The lowest BCUT2D eigenvalue weighted by atomic mass is 10.2. The van der Waals surface area contributed by atoms with Gasteiger partial charge in [0.25, 0.3) is 0 Å². The van der Waals surface area contributed by atoms with Gasteiger partial charge in [-0.15, -0.1) is 0 Å². The molecular formula is C11H16N2O. The predicted octanol–water partition coefficient (Wildman–Crippen LogP) is 0.942. The highest BCUT2D eigenvalue weighted by molar-refractivity contribution is 5.09. The van der Waals surface area contributed by atoms with Gasteiger partial charge in [-0.3, -0.25) is 4.98 Å². The van der Waals surface area contributed by atoms with Gasteiger partial charge in [0.15, 0.2) is 0 Å². The second kappa shape index (κ2) is 4.53. The Balaban J connectivity index is 1.67. The first-order valence-corrected chi connectivity index (χ1v) is 5.14. The third-order valence-corrected chi connectivity index (χ3v) is 2.60. The molecule has 1 aliphatic rings. The summed E-state index contributed by atoms with van der Waals surface area (Å²) in [7, 11) is 0. The lowest BCUT2D eigenvalue weighted by Gasteiger charge is -2.10. The molecule has 0 amide bonds. The number of aliphatic hydroxyl groups is 1. The molecule has 0 spiro atoms. The van der Waals surface area contributed by atoms with E-state index in [9.17, 15) is 5.11 Å². The van der Waals surface area contributed by atoms with Crippen molar-refractivity contribution in [2.24, 2.45) is 5.92 Å². The Kier molecular flexibility index (Phi) is 3.11. The van der Waals surface area contributed by atoms with Crippen molar-refractivity contribution in [1.29, 1.82) is 0 Å². The van der Waals surface area contributed by atoms with Crippen LogP contribution in [0.25, 0.3) is 0 Å². The highest BCUT2D eigenvalue weighted by atomic mass is 16.3. The second-order valence-electron chi connectivity index (χ2n) is 3.89. The molecule has 0 saturated heterocycles. The fraction of sp³-hybridized carbons (Fsp3) is 0.545. The van der Waals surface area contributed by atoms with Crippen LogP contribution in [0.5, 0.6) is 0 Å². The van der Waals surface area contributed by atoms with Crippen LogP contribution in [-0.4, -0.2) is 22.7 Å². The van der Waals surface area contributed by atoms with Gasteiger partial charge < -0.3 is 10.4 Å². The predicted molar refractivity (Wildman–Crippen MR) is 54.7 cm³/mol. The summed E-state index contributed by atoms with van der Waals surface area (Å²) >= 11 is 0. The van der Waals surface area contributed by atoms with E-state index in [2.05, 4.69) is 10.3 Å². The maximum Gasteiger partial charge on any atom is 0.0692 e. The van der Waals surface area contributed by atoms with E-state index in [-0.39, 0.29) is 6.10 Å². The lowest BCUT2D eigenvalue weighted by Crippen LogP contribution is -2.27. The third kappa shape index (κ3) is 2.79. The third-order valence-electron chi connectivity index (χ3n) is 2.60. The van der Waals surface area contributed by atoms with Crippen LogP contribution in [0, 0.1) is 5.92 Å².